The van der Waals surface area contributed by atoms with Gasteiger partial charge in [0.05, 0.1) is 6.04 Å². The average Bonchev–Trinajstić information content (AvgIpc) is 3.09. The van der Waals surface area contributed by atoms with Crippen LogP contribution in [0.5, 0.6) is 0 Å². The second kappa shape index (κ2) is 8.53. The number of aryl methyl sites for hydroxylation is 1. The van der Waals surface area contributed by atoms with Crippen molar-refractivity contribution in [3.63, 3.8) is 0 Å². The highest BCUT2D eigenvalue weighted by molar-refractivity contribution is 6.42. The molecule has 0 aliphatic rings. The van der Waals surface area contributed by atoms with Crippen LogP contribution in [0, 0.1) is 0 Å². The average molecular weight is 421 g/mol. The molecule has 0 spiro atoms. The van der Waals surface area contributed by atoms with Crippen LogP contribution in [0.1, 0.15) is 23.0 Å². The Labute approximate surface area is 178 Å². The highest BCUT2D eigenvalue weighted by Gasteiger charge is 2.44. The number of carbonyl (C=O) groups is 4. The molecule has 1 aromatic heterocycles. The number of rotatable bonds is 8. The number of hydrogen-bond donors (Lipinski definition) is 3. The van der Waals surface area contributed by atoms with Crippen molar-refractivity contribution >= 4 is 34.3 Å². The zero-order chi connectivity index (χ0) is 22.8. The van der Waals surface area contributed by atoms with Crippen molar-refractivity contribution < 1.29 is 24.3 Å². The van der Waals surface area contributed by atoms with Gasteiger partial charge in [-0.05, 0) is 31.0 Å². The fourth-order valence-corrected chi connectivity index (χ4v) is 3.49. The van der Waals surface area contributed by atoms with Crippen LogP contribution >= 0.6 is 0 Å². The lowest BCUT2D eigenvalue weighted by atomic mass is 9.85. The number of hydrogen-bond acceptors (Lipinski definition) is 5. The fourth-order valence-electron chi connectivity index (χ4n) is 3.49. The van der Waals surface area contributed by atoms with E-state index in [4.69, 9.17) is 10.8 Å². The number of para-hydroxylation sites is 1. The molecule has 8 nitrogen and oxygen atoms in total. The summed E-state index contributed by atoms with van der Waals surface area (Å²) in [6.07, 6.45) is 0.0506. The lowest BCUT2D eigenvalue weighted by Crippen LogP contribution is -2.62. The van der Waals surface area contributed by atoms with E-state index >= 15 is 0 Å². The lowest BCUT2D eigenvalue weighted by Gasteiger charge is -2.26. The second-order valence-corrected chi connectivity index (χ2v) is 7.56. The Morgan fingerprint density at radius 1 is 1.06 bits per heavy atom. The van der Waals surface area contributed by atoms with Crippen LogP contribution in [0.25, 0.3) is 10.9 Å². The summed E-state index contributed by atoms with van der Waals surface area (Å²) < 4.78 is 1.69. The van der Waals surface area contributed by atoms with Crippen molar-refractivity contribution in [1.82, 2.24) is 9.88 Å². The molecule has 4 N–H and O–H groups in total. The molecule has 2 atom stereocenters. The van der Waals surface area contributed by atoms with Crippen molar-refractivity contribution in [3.8, 4) is 0 Å². The Bertz CT molecular complexity index is 1160. The number of aliphatic carboxylic acids is 1. The standard InChI is InChI=1S/C23H23N3O5/c1-23(24,20(28)22(30)31)19(27)16(12-14-8-4-3-5-9-14)25-21(29)18-13-15-10-6-7-11-17(15)26(18)2/h3-11,13,16H,12,24H2,1-2H3,(H,25,29)(H,30,31)/t16-,23-/m0/s1. The first-order valence-electron chi connectivity index (χ1n) is 9.63. The Kier molecular flexibility index (Phi) is 6.03. The molecule has 0 radical (unpaired) electrons. The molecule has 1 heterocycles. The van der Waals surface area contributed by atoms with Crippen LogP contribution in [0.4, 0.5) is 0 Å². The minimum atomic E-state index is -2.29. The summed E-state index contributed by atoms with van der Waals surface area (Å²) in [4.78, 5) is 49.3. The van der Waals surface area contributed by atoms with Gasteiger partial charge in [-0.3, -0.25) is 14.4 Å². The summed E-state index contributed by atoms with van der Waals surface area (Å²) in [5.74, 6) is -4.66. The van der Waals surface area contributed by atoms with E-state index in [-0.39, 0.29) is 6.42 Å². The number of fused-ring (bicyclic) bond motifs is 1. The molecule has 0 bridgehead atoms. The van der Waals surface area contributed by atoms with Crippen LogP contribution in [0.2, 0.25) is 0 Å². The molecule has 0 saturated carbocycles. The van der Waals surface area contributed by atoms with E-state index in [1.807, 2.05) is 24.3 Å². The predicted molar refractivity (Wildman–Crippen MR) is 115 cm³/mol. The molecule has 2 aromatic carbocycles. The number of amides is 1. The monoisotopic (exact) mass is 421 g/mol. The predicted octanol–water partition coefficient (Wildman–Crippen LogP) is 1.46. The SMILES string of the molecule is Cn1c(C(=O)N[C@@H](Cc2ccccc2)C(=O)[C@](C)(N)C(=O)C(=O)O)cc2ccccc21. The number of carboxylic acids is 1. The minimum Gasteiger partial charge on any atom is -0.475 e. The first-order valence-corrected chi connectivity index (χ1v) is 9.63. The third-order valence-electron chi connectivity index (χ3n) is 5.27. The molecule has 0 unspecified atom stereocenters. The van der Waals surface area contributed by atoms with Crippen LogP contribution < -0.4 is 11.1 Å². The van der Waals surface area contributed by atoms with Crippen molar-refractivity contribution in [2.75, 3.05) is 0 Å². The van der Waals surface area contributed by atoms with Crippen LogP contribution in [0.15, 0.2) is 60.7 Å². The normalized spacial score (nSPS) is 13.9. The number of nitrogens with one attached hydrogen (secondary N) is 1. The Balaban J connectivity index is 1.94. The molecule has 1 amide bonds. The first kappa shape index (κ1) is 21.9. The number of nitrogens with two attached hydrogens (primary N) is 1. The van der Waals surface area contributed by atoms with Gasteiger partial charge in [0.15, 0.2) is 5.78 Å². The van der Waals surface area contributed by atoms with Crippen LogP contribution in [-0.2, 0) is 27.9 Å². The molecule has 0 saturated heterocycles. The highest BCUT2D eigenvalue weighted by Crippen LogP contribution is 2.19. The summed E-state index contributed by atoms with van der Waals surface area (Å²) in [5.41, 5.74) is 5.41. The van der Waals surface area contributed by atoms with E-state index < -0.39 is 35.0 Å². The third kappa shape index (κ3) is 4.39. The largest absolute Gasteiger partial charge is 0.475 e. The number of ketones is 2. The number of carbonyl (C=O) groups excluding carboxylic acids is 3. The molecule has 8 heteroatoms. The van der Waals surface area contributed by atoms with Gasteiger partial charge in [0, 0.05) is 18.0 Å². The van der Waals surface area contributed by atoms with E-state index in [0.717, 1.165) is 23.4 Å². The maximum absolute atomic E-state index is 13.1. The van der Waals surface area contributed by atoms with Gasteiger partial charge in [0.2, 0.25) is 0 Å². The van der Waals surface area contributed by atoms with Crippen molar-refractivity contribution in [2.24, 2.45) is 12.8 Å². The Hall–Kier alpha value is -3.78. The Morgan fingerprint density at radius 3 is 2.29 bits per heavy atom. The third-order valence-corrected chi connectivity index (χ3v) is 5.27. The van der Waals surface area contributed by atoms with Gasteiger partial charge in [-0.1, -0.05) is 48.5 Å². The van der Waals surface area contributed by atoms with Crippen molar-refractivity contribution in [1.29, 1.82) is 0 Å². The van der Waals surface area contributed by atoms with E-state index in [9.17, 15) is 19.2 Å². The smallest absolute Gasteiger partial charge is 0.374 e. The second-order valence-electron chi connectivity index (χ2n) is 7.56. The number of carboxylic acid groups (broad SMARTS) is 1. The van der Waals surface area contributed by atoms with Crippen LogP contribution in [0.3, 0.4) is 0 Å². The maximum atomic E-state index is 13.1. The van der Waals surface area contributed by atoms with Gasteiger partial charge >= 0.3 is 5.97 Å². The number of Topliss-reactive ketones (excluding diaryl/α,β-unsaturated/α-hetero) is 2. The van der Waals surface area contributed by atoms with E-state index in [0.29, 0.717) is 5.69 Å². The number of benzene rings is 2. The lowest BCUT2D eigenvalue weighted by molar-refractivity contribution is -0.153. The molecule has 160 valence electrons. The summed E-state index contributed by atoms with van der Waals surface area (Å²) in [6.45, 7) is 1.05. The summed E-state index contributed by atoms with van der Waals surface area (Å²) >= 11 is 0. The number of nitrogens with zero attached hydrogens (tertiary/aromatic N) is 1. The molecule has 3 aromatic rings. The highest BCUT2D eigenvalue weighted by atomic mass is 16.4. The molecule has 3 rings (SSSR count). The van der Waals surface area contributed by atoms with Gasteiger partial charge in [-0.15, -0.1) is 0 Å². The van der Waals surface area contributed by atoms with Gasteiger partial charge in [0.25, 0.3) is 11.7 Å². The molecule has 0 aliphatic carbocycles. The summed E-state index contributed by atoms with van der Waals surface area (Å²) in [5, 5.41) is 12.5. The van der Waals surface area contributed by atoms with E-state index in [1.165, 1.54) is 0 Å². The summed E-state index contributed by atoms with van der Waals surface area (Å²) in [7, 11) is 1.73. The molecular weight excluding hydrogens is 398 g/mol. The minimum absolute atomic E-state index is 0.0506. The maximum Gasteiger partial charge on any atom is 0.374 e. The fraction of sp³-hybridized carbons (Fsp3) is 0.217. The summed E-state index contributed by atoms with van der Waals surface area (Å²) in [6, 6.07) is 16.8. The van der Waals surface area contributed by atoms with Crippen molar-refractivity contribution in [3.05, 3.63) is 71.9 Å². The zero-order valence-electron chi connectivity index (χ0n) is 17.2. The Morgan fingerprint density at radius 2 is 1.68 bits per heavy atom. The molecule has 0 aliphatic heterocycles. The first-order chi connectivity index (χ1) is 14.6. The topological polar surface area (TPSA) is 131 Å². The number of aromatic nitrogens is 1. The van der Waals surface area contributed by atoms with Gasteiger partial charge in [-0.25, -0.2) is 4.79 Å². The van der Waals surface area contributed by atoms with E-state index in [2.05, 4.69) is 5.32 Å². The molecular formula is C23H23N3O5. The zero-order valence-corrected chi connectivity index (χ0v) is 17.2. The van der Waals surface area contributed by atoms with E-state index in [1.54, 1.807) is 48.0 Å². The quantitative estimate of drug-likeness (QED) is 0.373. The molecule has 0 fully saturated rings. The molecule has 31 heavy (non-hydrogen) atoms. The van der Waals surface area contributed by atoms with Gasteiger partial charge in [0.1, 0.15) is 11.2 Å². The van der Waals surface area contributed by atoms with Gasteiger partial charge < -0.3 is 20.7 Å². The van der Waals surface area contributed by atoms with Crippen LogP contribution in [-0.4, -0.2) is 44.7 Å². The van der Waals surface area contributed by atoms with Crippen molar-refractivity contribution in [2.45, 2.75) is 24.9 Å². The van der Waals surface area contributed by atoms with Gasteiger partial charge in [-0.2, -0.15) is 0 Å².